The number of carboxylic acids is 1. The van der Waals surface area contributed by atoms with Gasteiger partial charge >= 0.3 is 5.97 Å². The van der Waals surface area contributed by atoms with Crippen molar-refractivity contribution in [2.24, 2.45) is 0 Å². The van der Waals surface area contributed by atoms with Gasteiger partial charge in [0.15, 0.2) is 17.4 Å². The minimum absolute atomic E-state index is 0.371. The summed E-state index contributed by atoms with van der Waals surface area (Å²) in [6.07, 6.45) is 0. The number of halogens is 2. The van der Waals surface area contributed by atoms with Crippen LogP contribution in [0.2, 0.25) is 0 Å². The fraction of sp³-hybridized carbons (Fsp3) is 0.188. The minimum Gasteiger partial charge on any atom is -0.478 e. The van der Waals surface area contributed by atoms with E-state index >= 15 is 0 Å². The number of aryl methyl sites for hydroxylation is 2. The van der Waals surface area contributed by atoms with Crippen molar-refractivity contribution in [3.8, 4) is 11.5 Å². The van der Waals surface area contributed by atoms with Gasteiger partial charge in [0, 0.05) is 0 Å². The minimum atomic E-state index is -1.40. The molecule has 0 bridgehead atoms. The van der Waals surface area contributed by atoms with Gasteiger partial charge in [-0.1, -0.05) is 12.1 Å². The molecule has 2 rings (SSSR count). The molecule has 0 radical (unpaired) electrons. The van der Waals surface area contributed by atoms with Crippen molar-refractivity contribution in [2.45, 2.75) is 20.8 Å². The summed E-state index contributed by atoms with van der Waals surface area (Å²) in [6, 6.07) is 5.15. The van der Waals surface area contributed by atoms with E-state index in [2.05, 4.69) is 0 Å². The van der Waals surface area contributed by atoms with Crippen LogP contribution in [0.15, 0.2) is 24.3 Å². The molecule has 0 aliphatic heterocycles. The van der Waals surface area contributed by atoms with E-state index in [1.165, 1.54) is 0 Å². The second-order valence-electron chi connectivity index (χ2n) is 4.83. The molecule has 0 aromatic heterocycles. The molecule has 0 amide bonds. The molecule has 0 fully saturated rings. The predicted octanol–water partition coefficient (Wildman–Crippen LogP) is 4.38. The molecule has 0 unspecified atom stereocenters. The fourth-order valence-corrected chi connectivity index (χ4v) is 1.97. The average molecular weight is 292 g/mol. The van der Waals surface area contributed by atoms with Crippen molar-refractivity contribution in [1.82, 2.24) is 0 Å². The standard InChI is InChI=1S/C16H14F2O3/c1-8-4-5-9(2)14(10(8)3)21-15-12(17)6-11(16(19)20)7-13(15)18/h4-7H,1-3H3,(H,19,20). The smallest absolute Gasteiger partial charge is 0.335 e. The summed E-state index contributed by atoms with van der Waals surface area (Å²) in [5, 5.41) is 8.76. The molecule has 0 saturated carbocycles. The predicted molar refractivity (Wildman–Crippen MR) is 74.0 cm³/mol. The Bertz CT molecular complexity index is 701. The van der Waals surface area contributed by atoms with Gasteiger partial charge in [0.1, 0.15) is 5.75 Å². The Balaban J connectivity index is 2.51. The van der Waals surface area contributed by atoms with Crippen molar-refractivity contribution in [2.75, 3.05) is 0 Å². The summed E-state index contributed by atoms with van der Waals surface area (Å²) in [4.78, 5) is 10.8. The first-order valence-electron chi connectivity index (χ1n) is 6.28. The van der Waals surface area contributed by atoms with Crippen LogP contribution in [-0.2, 0) is 0 Å². The van der Waals surface area contributed by atoms with Gasteiger partial charge in [0.05, 0.1) is 5.56 Å². The molecule has 21 heavy (non-hydrogen) atoms. The molecule has 5 heteroatoms. The quantitative estimate of drug-likeness (QED) is 0.913. The van der Waals surface area contributed by atoms with Crippen LogP contribution in [0.25, 0.3) is 0 Å². The van der Waals surface area contributed by atoms with Gasteiger partial charge in [-0.25, -0.2) is 13.6 Å². The highest BCUT2D eigenvalue weighted by atomic mass is 19.1. The number of carbonyl (C=O) groups is 1. The Kier molecular flexibility index (Phi) is 3.93. The van der Waals surface area contributed by atoms with Gasteiger partial charge in [-0.15, -0.1) is 0 Å². The number of ether oxygens (including phenoxy) is 1. The molecule has 0 aliphatic rings. The van der Waals surface area contributed by atoms with Crippen molar-refractivity contribution >= 4 is 5.97 Å². The van der Waals surface area contributed by atoms with Gasteiger partial charge in [0.2, 0.25) is 0 Å². The summed E-state index contributed by atoms with van der Waals surface area (Å²) in [7, 11) is 0. The lowest BCUT2D eigenvalue weighted by Crippen LogP contribution is -2.02. The van der Waals surface area contributed by atoms with Gasteiger partial charge < -0.3 is 9.84 Å². The second-order valence-corrected chi connectivity index (χ2v) is 4.83. The maximum absolute atomic E-state index is 13.9. The Morgan fingerprint density at radius 2 is 1.52 bits per heavy atom. The molecule has 2 aromatic rings. The van der Waals surface area contributed by atoms with Gasteiger partial charge in [-0.05, 0) is 49.6 Å². The number of hydrogen-bond acceptors (Lipinski definition) is 2. The highest BCUT2D eigenvalue weighted by Gasteiger charge is 2.18. The monoisotopic (exact) mass is 292 g/mol. The molecule has 2 aromatic carbocycles. The van der Waals surface area contributed by atoms with Crippen LogP contribution in [-0.4, -0.2) is 11.1 Å². The molecular formula is C16H14F2O3. The molecular weight excluding hydrogens is 278 g/mol. The van der Waals surface area contributed by atoms with Crippen LogP contribution in [0, 0.1) is 32.4 Å². The Labute approximate surface area is 120 Å². The highest BCUT2D eigenvalue weighted by molar-refractivity contribution is 5.87. The lowest BCUT2D eigenvalue weighted by molar-refractivity contribution is 0.0695. The van der Waals surface area contributed by atoms with E-state index in [0.717, 1.165) is 28.8 Å². The van der Waals surface area contributed by atoms with Crippen LogP contribution in [0.1, 0.15) is 27.0 Å². The highest BCUT2D eigenvalue weighted by Crippen LogP contribution is 2.34. The van der Waals surface area contributed by atoms with Crippen LogP contribution >= 0.6 is 0 Å². The Morgan fingerprint density at radius 1 is 1.00 bits per heavy atom. The molecule has 0 aliphatic carbocycles. The molecule has 0 saturated heterocycles. The molecule has 0 heterocycles. The lowest BCUT2D eigenvalue weighted by Gasteiger charge is -2.15. The van der Waals surface area contributed by atoms with E-state index in [1.807, 2.05) is 13.0 Å². The van der Waals surface area contributed by atoms with Crippen molar-refractivity contribution in [3.63, 3.8) is 0 Å². The summed E-state index contributed by atoms with van der Waals surface area (Å²) in [5.74, 6) is -3.73. The Morgan fingerprint density at radius 3 is 2.05 bits per heavy atom. The van der Waals surface area contributed by atoms with Gasteiger partial charge in [0.25, 0.3) is 0 Å². The number of carboxylic acid groups (broad SMARTS) is 1. The second kappa shape index (κ2) is 5.52. The Hall–Kier alpha value is -2.43. The van der Waals surface area contributed by atoms with E-state index in [4.69, 9.17) is 9.84 Å². The maximum atomic E-state index is 13.9. The summed E-state index contributed by atoms with van der Waals surface area (Å²) >= 11 is 0. The SMILES string of the molecule is Cc1ccc(C)c(Oc2c(F)cc(C(=O)O)cc2F)c1C. The van der Waals surface area contributed by atoms with Crippen molar-refractivity contribution < 1.29 is 23.4 Å². The summed E-state index contributed by atoms with van der Waals surface area (Å²) in [6.45, 7) is 5.42. The summed E-state index contributed by atoms with van der Waals surface area (Å²) in [5.41, 5.74) is 1.98. The molecule has 1 N–H and O–H groups in total. The molecule has 0 spiro atoms. The van der Waals surface area contributed by atoms with E-state index < -0.39 is 28.9 Å². The zero-order valence-electron chi connectivity index (χ0n) is 11.8. The van der Waals surface area contributed by atoms with E-state index in [0.29, 0.717) is 5.75 Å². The maximum Gasteiger partial charge on any atom is 0.335 e. The van der Waals surface area contributed by atoms with Crippen LogP contribution in [0.5, 0.6) is 11.5 Å². The molecule has 3 nitrogen and oxygen atoms in total. The first-order chi connectivity index (χ1) is 9.81. The van der Waals surface area contributed by atoms with Gasteiger partial charge in [-0.2, -0.15) is 0 Å². The van der Waals surface area contributed by atoms with Crippen molar-refractivity contribution in [1.29, 1.82) is 0 Å². The third-order valence-corrected chi connectivity index (χ3v) is 3.32. The fourth-order valence-electron chi connectivity index (χ4n) is 1.97. The first-order valence-corrected chi connectivity index (χ1v) is 6.28. The van der Waals surface area contributed by atoms with E-state index in [-0.39, 0.29) is 0 Å². The number of rotatable bonds is 3. The summed E-state index contributed by atoms with van der Waals surface area (Å²) < 4.78 is 33.2. The van der Waals surface area contributed by atoms with Crippen LogP contribution < -0.4 is 4.74 Å². The number of hydrogen-bond donors (Lipinski definition) is 1. The zero-order chi connectivity index (χ0) is 15.7. The third-order valence-electron chi connectivity index (χ3n) is 3.32. The topological polar surface area (TPSA) is 46.5 Å². The lowest BCUT2D eigenvalue weighted by atomic mass is 10.1. The van der Waals surface area contributed by atoms with E-state index in [1.54, 1.807) is 19.9 Å². The molecule has 0 atom stereocenters. The van der Waals surface area contributed by atoms with Crippen LogP contribution in [0.3, 0.4) is 0 Å². The van der Waals surface area contributed by atoms with Gasteiger partial charge in [-0.3, -0.25) is 0 Å². The normalized spacial score (nSPS) is 10.5. The van der Waals surface area contributed by atoms with E-state index in [9.17, 15) is 13.6 Å². The largest absolute Gasteiger partial charge is 0.478 e. The first kappa shape index (κ1) is 15.0. The number of aromatic carboxylic acids is 1. The average Bonchev–Trinajstić information content (AvgIpc) is 2.41. The number of benzene rings is 2. The molecule has 110 valence electrons. The van der Waals surface area contributed by atoms with Crippen molar-refractivity contribution in [3.05, 3.63) is 58.2 Å². The third kappa shape index (κ3) is 2.86. The van der Waals surface area contributed by atoms with Crippen LogP contribution in [0.4, 0.5) is 8.78 Å². The zero-order valence-corrected chi connectivity index (χ0v) is 11.8.